The Balaban J connectivity index is 1.85. The lowest BCUT2D eigenvalue weighted by molar-refractivity contribution is 0.0952. The molecule has 0 unspecified atom stereocenters. The summed E-state index contributed by atoms with van der Waals surface area (Å²) in [7, 11) is 0. The molecule has 2 rings (SSSR count). The first-order chi connectivity index (χ1) is 9.70. The molecule has 1 amide bonds. The smallest absolute Gasteiger partial charge is 0.267 e. The van der Waals surface area contributed by atoms with Crippen molar-refractivity contribution in [2.75, 3.05) is 24.7 Å². The first kappa shape index (κ1) is 14.9. The van der Waals surface area contributed by atoms with Gasteiger partial charge in [-0.05, 0) is 36.4 Å². The third-order valence-corrected chi connectivity index (χ3v) is 3.88. The molecular formula is C14H17FN2O2S. The normalized spacial score (nSPS) is 10.9. The zero-order chi connectivity index (χ0) is 14.4. The van der Waals surface area contributed by atoms with Crippen LogP contribution in [0.3, 0.4) is 0 Å². The summed E-state index contributed by atoms with van der Waals surface area (Å²) in [5.41, 5.74) is 1.18. The lowest BCUT2D eigenvalue weighted by Gasteiger charge is -2.03. The molecule has 0 atom stereocenters. The van der Waals surface area contributed by atoms with Crippen molar-refractivity contribution in [3.05, 3.63) is 35.8 Å². The second-order valence-electron chi connectivity index (χ2n) is 4.36. The highest BCUT2D eigenvalue weighted by molar-refractivity contribution is 7.99. The molecule has 0 saturated heterocycles. The van der Waals surface area contributed by atoms with Crippen LogP contribution in [-0.2, 0) is 0 Å². The first-order valence-electron chi connectivity index (χ1n) is 6.46. The van der Waals surface area contributed by atoms with E-state index in [0.29, 0.717) is 17.6 Å². The molecule has 1 aromatic carbocycles. The number of benzene rings is 1. The van der Waals surface area contributed by atoms with E-state index >= 15 is 0 Å². The number of aliphatic hydroxyl groups is 1. The summed E-state index contributed by atoms with van der Waals surface area (Å²) in [4.78, 5) is 14.9. The van der Waals surface area contributed by atoms with E-state index in [0.717, 1.165) is 23.4 Å². The van der Waals surface area contributed by atoms with Gasteiger partial charge in [-0.25, -0.2) is 4.39 Å². The molecule has 3 N–H and O–H groups in total. The van der Waals surface area contributed by atoms with Crippen LogP contribution in [0.25, 0.3) is 10.9 Å². The number of H-pyrrole nitrogens is 1. The number of carbonyl (C=O) groups excluding carboxylic acids is 1. The molecule has 0 aliphatic rings. The van der Waals surface area contributed by atoms with Gasteiger partial charge >= 0.3 is 0 Å². The lowest BCUT2D eigenvalue weighted by Crippen LogP contribution is -2.26. The Morgan fingerprint density at radius 3 is 3.00 bits per heavy atom. The van der Waals surface area contributed by atoms with Crippen LogP contribution >= 0.6 is 11.8 Å². The Morgan fingerprint density at radius 1 is 1.35 bits per heavy atom. The molecule has 0 fully saturated rings. The predicted octanol–water partition coefficient (Wildman–Crippen LogP) is 2.15. The van der Waals surface area contributed by atoms with Gasteiger partial charge in [-0.2, -0.15) is 11.8 Å². The van der Waals surface area contributed by atoms with E-state index in [-0.39, 0.29) is 18.3 Å². The largest absolute Gasteiger partial charge is 0.396 e. The number of halogens is 1. The third-order valence-electron chi connectivity index (χ3n) is 2.81. The number of aromatic nitrogens is 1. The summed E-state index contributed by atoms with van der Waals surface area (Å²) in [6.45, 7) is 0.767. The number of rotatable bonds is 7. The van der Waals surface area contributed by atoms with Gasteiger partial charge in [-0.3, -0.25) is 4.79 Å². The molecule has 1 heterocycles. The van der Waals surface area contributed by atoms with Crippen molar-refractivity contribution >= 4 is 28.6 Å². The van der Waals surface area contributed by atoms with Crippen molar-refractivity contribution in [1.82, 2.24) is 10.3 Å². The maximum atomic E-state index is 13.1. The minimum absolute atomic E-state index is 0.190. The van der Waals surface area contributed by atoms with Gasteiger partial charge in [-0.15, -0.1) is 0 Å². The van der Waals surface area contributed by atoms with Gasteiger partial charge in [0.1, 0.15) is 11.5 Å². The van der Waals surface area contributed by atoms with E-state index in [4.69, 9.17) is 5.11 Å². The van der Waals surface area contributed by atoms with Gasteiger partial charge in [0.25, 0.3) is 5.91 Å². The highest BCUT2D eigenvalue weighted by atomic mass is 32.2. The van der Waals surface area contributed by atoms with E-state index in [2.05, 4.69) is 10.3 Å². The van der Waals surface area contributed by atoms with Crippen molar-refractivity contribution in [2.24, 2.45) is 0 Å². The summed E-state index contributed by atoms with van der Waals surface area (Å²) in [5, 5.41) is 12.1. The van der Waals surface area contributed by atoms with Crippen LogP contribution in [0.2, 0.25) is 0 Å². The number of aliphatic hydroxyl groups excluding tert-OH is 1. The van der Waals surface area contributed by atoms with E-state index in [9.17, 15) is 9.18 Å². The van der Waals surface area contributed by atoms with Gasteiger partial charge < -0.3 is 15.4 Å². The van der Waals surface area contributed by atoms with Crippen molar-refractivity contribution < 1.29 is 14.3 Å². The quantitative estimate of drug-likeness (QED) is 0.686. The average molecular weight is 296 g/mol. The Labute approximate surface area is 120 Å². The number of amides is 1. The Hall–Kier alpha value is -1.53. The fraction of sp³-hybridized carbons (Fsp3) is 0.357. The van der Waals surface area contributed by atoms with Crippen LogP contribution in [0.15, 0.2) is 24.3 Å². The number of fused-ring (bicyclic) bond motifs is 1. The Bertz CT molecular complexity index is 586. The zero-order valence-electron chi connectivity index (χ0n) is 11.0. The van der Waals surface area contributed by atoms with Crippen LogP contribution in [0.5, 0.6) is 0 Å². The molecule has 2 aromatic rings. The molecule has 0 bridgehead atoms. The maximum Gasteiger partial charge on any atom is 0.267 e. The molecule has 1 aromatic heterocycles. The maximum absolute atomic E-state index is 13.1. The Morgan fingerprint density at radius 2 is 2.20 bits per heavy atom. The van der Waals surface area contributed by atoms with Crippen LogP contribution < -0.4 is 5.32 Å². The van der Waals surface area contributed by atoms with Gasteiger partial charge in [0.15, 0.2) is 0 Å². The van der Waals surface area contributed by atoms with E-state index in [1.807, 2.05) is 0 Å². The van der Waals surface area contributed by atoms with Crippen LogP contribution in [0.1, 0.15) is 16.9 Å². The van der Waals surface area contributed by atoms with E-state index in [1.54, 1.807) is 23.9 Å². The number of nitrogens with one attached hydrogen (secondary N) is 2. The fourth-order valence-electron chi connectivity index (χ4n) is 1.83. The van der Waals surface area contributed by atoms with Crippen molar-refractivity contribution in [3.63, 3.8) is 0 Å². The number of thioether (sulfide) groups is 1. The minimum Gasteiger partial charge on any atom is -0.396 e. The highest BCUT2D eigenvalue weighted by Gasteiger charge is 2.09. The topological polar surface area (TPSA) is 65.1 Å². The highest BCUT2D eigenvalue weighted by Crippen LogP contribution is 2.16. The second-order valence-corrected chi connectivity index (χ2v) is 5.58. The predicted molar refractivity (Wildman–Crippen MR) is 79.6 cm³/mol. The van der Waals surface area contributed by atoms with Crippen LogP contribution in [0, 0.1) is 5.82 Å². The summed E-state index contributed by atoms with van der Waals surface area (Å²) >= 11 is 1.69. The lowest BCUT2D eigenvalue weighted by atomic mass is 10.2. The number of carbonyl (C=O) groups is 1. The second kappa shape index (κ2) is 7.31. The fourth-order valence-corrected chi connectivity index (χ4v) is 2.61. The molecule has 0 saturated carbocycles. The van der Waals surface area contributed by atoms with Gasteiger partial charge in [0.2, 0.25) is 0 Å². The van der Waals surface area contributed by atoms with Gasteiger partial charge in [0.05, 0.1) is 0 Å². The molecule has 4 nitrogen and oxygen atoms in total. The molecule has 0 aliphatic heterocycles. The number of hydrogen-bond acceptors (Lipinski definition) is 3. The summed E-state index contributed by atoms with van der Waals surface area (Å²) in [5.74, 6) is 1.19. The first-order valence-corrected chi connectivity index (χ1v) is 7.61. The van der Waals surface area contributed by atoms with Crippen molar-refractivity contribution in [2.45, 2.75) is 6.42 Å². The summed E-state index contributed by atoms with van der Waals surface area (Å²) in [6.07, 6.45) is 0.770. The standard InChI is InChI=1S/C14H17FN2O2S/c15-11-2-3-12-10(8-11)9-13(17-12)14(19)16-4-7-20-6-1-5-18/h2-3,8-9,17-18H,1,4-7H2,(H,16,19). The van der Waals surface area contributed by atoms with Crippen molar-refractivity contribution in [1.29, 1.82) is 0 Å². The molecule has 0 spiro atoms. The van der Waals surface area contributed by atoms with E-state index < -0.39 is 0 Å². The molecular weight excluding hydrogens is 279 g/mol. The molecule has 20 heavy (non-hydrogen) atoms. The molecule has 0 radical (unpaired) electrons. The Kier molecular flexibility index (Phi) is 5.43. The summed E-state index contributed by atoms with van der Waals surface area (Å²) in [6, 6.07) is 6.02. The van der Waals surface area contributed by atoms with Crippen molar-refractivity contribution in [3.8, 4) is 0 Å². The average Bonchev–Trinajstić information content (AvgIpc) is 2.85. The van der Waals surface area contributed by atoms with Gasteiger partial charge in [-0.1, -0.05) is 0 Å². The zero-order valence-corrected chi connectivity index (χ0v) is 11.8. The molecule has 108 valence electrons. The monoisotopic (exact) mass is 296 g/mol. The van der Waals surface area contributed by atoms with Crippen LogP contribution in [-0.4, -0.2) is 40.7 Å². The molecule has 0 aliphatic carbocycles. The van der Waals surface area contributed by atoms with Crippen LogP contribution in [0.4, 0.5) is 4.39 Å². The number of hydrogen-bond donors (Lipinski definition) is 3. The SMILES string of the molecule is O=C(NCCSCCCO)c1cc2cc(F)ccc2[nH]1. The minimum atomic E-state index is -0.316. The third kappa shape index (κ3) is 3.98. The van der Waals surface area contributed by atoms with Gasteiger partial charge in [0, 0.05) is 29.8 Å². The number of aromatic amines is 1. The summed E-state index contributed by atoms with van der Waals surface area (Å²) < 4.78 is 13.1. The molecule has 6 heteroatoms. The van der Waals surface area contributed by atoms with E-state index in [1.165, 1.54) is 12.1 Å².